The summed E-state index contributed by atoms with van der Waals surface area (Å²) in [7, 11) is 0. The first-order chi connectivity index (χ1) is 4.74. The highest BCUT2D eigenvalue weighted by atomic mass is 16.3. The summed E-state index contributed by atoms with van der Waals surface area (Å²) in [6.45, 7) is 7.37. The predicted octanol–water partition coefficient (Wildman–Crippen LogP) is 0.709. The summed E-state index contributed by atoms with van der Waals surface area (Å²) in [5, 5.41) is 9.44. The zero-order chi connectivity index (χ0) is 7.56. The van der Waals surface area contributed by atoms with Crippen molar-refractivity contribution in [3.05, 3.63) is 0 Å². The zero-order valence-electron chi connectivity index (χ0n) is 6.88. The van der Waals surface area contributed by atoms with Gasteiger partial charge in [-0.25, -0.2) is 0 Å². The molecule has 1 aliphatic rings. The lowest BCUT2D eigenvalue weighted by Gasteiger charge is -2.33. The summed E-state index contributed by atoms with van der Waals surface area (Å²) in [4.78, 5) is 2.30. The molecule has 0 aromatic heterocycles. The van der Waals surface area contributed by atoms with Crippen molar-refractivity contribution in [2.45, 2.75) is 26.4 Å². The molecule has 0 spiro atoms. The Morgan fingerprint density at radius 3 is 2.80 bits per heavy atom. The Balaban J connectivity index is 2.33. The van der Waals surface area contributed by atoms with Crippen LogP contribution in [-0.2, 0) is 0 Å². The van der Waals surface area contributed by atoms with E-state index < -0.39 is 0 Å². The number of likely N-dealkylation sites (tertiary alicyclic amines) is 1. The van der Waals surface area contributed by atoms with Crippen LogP contribution in [0.5, 0.6) is 0 Å². The van der Waals surface area contributed by atoms with Gasteiger partial charge in [0, 0.05) is 6.54 Å². The Morgan fingerprint density at radius 1 is 1.60 bits per heavy atom. The van der Waals surface area contributed by atoms with Crippen LogP contribution in [0.4, 0.5) is 0 Å². The predicted molar refractivity (Wildman–Crippen MR) is 41.9 cm³/mol. The van der Waals surface area contributed by atoms with Gasteiger partial charge >= 0.3 is 0 Å². The van der Waals surface area contributed by atoms with E-state index in [1.807, 2.05) is 0 Å². The molecule has 0 aromatic carbocycles. The first-order valence-corrected chi connectivity index (χ1v) is 4.14. The topological polar surface area (TPSA) is 23.5 Å². The molecule has 0 saturated carbocycles. The molecule has 1 heterocycles. The van der Waals surface area contributed by atoms with E-state index in [4.69, 9.17) is 0 Å². The van der Waals surface area contributed by atoms with E-state index in [1.165, 1.54) is 0 Å². The van der Waals surface area contributed by atoms with Gasteiger partial charge in [0.15, 0.2) is 0 Å². The van der Waals surface area contributed by atoms with Crippen molar-refractivity contribution in [3.63, 3.8) is 0 Å². The van der Waals surface area contributed by atoms with Gasteiger partial charge in [0.25, 0.3) is 0 Å². The van der Waals surface area contributed by atoms with Gasteiger partial charge in [-0.05, 0) is 25.4 Å². The number of nitrogens with zero attached hydrogens (tertiary/aromatic N) is 1. The first kappa shape index (κ1) is 8.02. The highest BCUT2D eigenvalue weighted by Crippen LogP contribution is 2.15. The molecule has 60 valence electrons. The minimum absolute atomic E-state index is 0.0892. The van der Waals surface area contributed by atoms with Gasteiger partial charge in [0.1, 0.15) is 0 Å². The molecule has 0 aromatic rings. The summed E-state index contributed by atoms with van der Waals surface area (Å²) >= 11 is 0. The molecule has 0 radical (unpaired) electrons. The Bertz CT molecular complexity index is 105. The van der Waals surface area contributed by atoms with Gasteiger partial charge in [-0.2, -0.15) is 0 Å². The number of hydrogen-bond donors (Lipinski definition) is 1. The summed E-state index contributed by atoms with van der Waals surface area (Å²) in [5.41, 5.74) is 0. The Morgan fingerprint density at radius 2 is 2.30 bits per heavy atom. The van der Waals surface area contributed by atoms with Crippen LogP contribution in [0.1, 0.15) is 20.3 Å². The van der Waals surface area contributed by atoms with Crippen molar-refractivity contribution in [1.82, 2.24) is 4.90 Å². The second kappa shape index (κ2) is 3.35. The van der Waals surface area contributed by atoms with Gasteiger partial charge in [0.05, 0.1) is 6.10 Å². The van der Waals surface area contributed by atoms with E-state index in [1.54, 1.807) is 0 Å². The molecule has 1 aliphatic heterocycles. The molecular formula is C8H17NO. The van der Waals surface area contributed by atoms with E-state index in [-0.39, 0.29) is 6.10 Å². The SMILES string of the molecule is CCN1CC[C@H](C)[C@H](O)C1. The van der Waals surface area contributed by atoms with Gasteiger partial charge in [0.2, 0.25) is 0 Å². The van der Waals surface area contributed by atoms with Crippen LogP contribution in [0.2, 0.25) is 0 Å². The van der Waals surface area contributed by atoms with Gasteiger partial charge in [-0.1, -0.05) is 13.8 Å². The van der Waals surface area contributed by atoms with Crippen molar-refractivity contribution >= 4 is 0 Å². The van der Waals surface area contributed by atoms with Crippen LogP contribution in [0.15, 0.2) is 0 Å². The maximum atomic E-state index is 9.44. The molecule has 0 unspecified atom stereocenters. The average molecular weight is 143 g/mol. The van der Waals surface area contributed by atoms with Crippen LogP contribution in [0.3, 0.4) is 0 Å². The minimum Gasteiger partial charge on any atom is -0.392 e. The number of rotatable bonds is 1. The smallest absolute Gasteiger partial charge is 0.0693 e. The Kier molecular flexibility index (Phi) is 2.69. The van der Waals surface area contributed by atoms with Crippen LogP contribution < -0.4 is 0 Å². The third kappa shape index (κ3) is 1.70. The Labute approximate surface area is 62.8 Å². The highest BCUT2D eigenvalue weighted by Gasteiger charge is 2.22. The van der Waals surface area contributed by atoms with Crippen molar-refractivity contribution < 1.29 is 5.11 Å². The van der Waals surface area contributed by atoms with E-state index in [2.05, 4.69) is 18.7 Å². The molecule has 0 amide bonds. The van der Waals surface area contributed by atoms with E-state index in [0.29, 0.717) is 5.92 Å². The summed E-state index contributed by atoms with van der Waals surface area (Å²) in [6, 6.07) is 0. The largest absolute Gasteiger partial charge is 0.392 e. The standard InChI is InChI=1S/C8H17NO/c1-3-9-5-4-7(2)8(10)6-9/h7-8,10H,3-6H2,1-2H3/t7-,8+/m0/s1. The molecule has 2 atom stereocenters. The van der Waals surface area contributed by atoms with Crippen molar-refractivity contribution in [1.29, 1.82) is 0 Å². The number of aliphatic hydroxyl groups excluding tert-OH is 1. The molecule has 10 heavy (non-hydrogen) atoms. The van der Waals surface area contributed by atoms with E-state index >= 15 is 0 Å². The molecule has 2 nitrogen and oxygen atoms in total. The molecule has 1 saturated heterocycles. The summed E-state index contributed by atoms with van der Waals surface area (Å²) in [5.74, 6) is 0.503. The monoisotopic (exact) mass is 143 g/mol. The second-order valence-electron chi connectivity index (χ2n) is 3.23. The highest BCUT2D eigenvalue weighted by molar-refractivity contribution is 4.75. The fraction of sp³-hybridized carbons (Fsp3) is 1.00. The van der Waals surface area contributed by atoms with Crippen molar-refractivity contribution in [2.24, 2.45) is 5.92 Å². The quantitative estimate of drug-likeness (QED) is 0.584. The van der Waals surface area contributed by atoms with Crippen molar-refractivity contribution in [3.8, 4) is 0 Å². The third-order valence-corrected chi connectivity index (χ3v) is 2.45. The van der Waals surface area contributed by atoms with Gasteiger partial charge in [-0.3, -0.25) is 0 Å². The summed E-state index contributed by atoms with van der Waals surface area (Å²) in [6.07, 6.45) is 1.06. The van der Waals surface area contributed by atoms with E-state index in [0.717, 1.165) is 26.1 Å². The zero-order valence-corrected chi connectivity index (χ0v) is 6.88. The fourth-order valence-electron chi connectivity index (χ4n) is 1.40. The lowest BCUT2D eigenvalue weighted by molar-refractivity contribution is 0.0316. The number of β-amino-alcohol motifs (C(OH)–C–C–N with tert-alkyl or cyclic N) is 1. The van der Waals surface area contributed by atoms with Crippen molar-refractivity contribution in [2.75, 3.05) is 19.6 Å². The first-order valence-electron chi connectivity index (χ1n) is 4.14. The molecule has 2 heteroatoms. The maximum absolute atomic E-state index is 9.44. The molecule has 1 fully saturated rings. The lowest BCUT2D eigenvalue weighted by Crippen LogP contribution is -2.42. The third-order valence-electron chi connectivity index (χ3n) is 2.45. The van der Waals surface area contributed by atoms with E-state index in [9.17, 15) is 5.11 Å². The molecule has 0 aliphatic carbocycles. The van der Waals surface area contributed by atoms with Gasteiger partial charge in [-0.15, -0.1) is 0 Å². The Hall–Kier alpha value is -0.0800. The second-order valence-corrected chi connectivity index (χ2v) is 3.23. The number of hydrogen-bond acceptors (Lipinski definition) is 2. The molecule has 1 rings (SSSR count). The van der Waals surface area contributed by atoms with Crippen LogP contribution in [-0.4, -0.2) is 35.7 Å². The summed E-state index contributed by atoms with van der Waals surface area (Å²) < 4.78 is 0. The normalized spacial score (nSPS) is 36.3. The van der Waals surface area contributed by atoms with Crippen LogP contribution >= 0.6 is 0 Å². The molecule has 0 bridgehead atoms. The maximum Gasteiger partial charge on any atom is 0.0693 e. The average Bonchev–Trinajstić information content (AvgIpc) is 1.95. The number of likely N-dealkylation sites (N-methyl/N-ethyl adjacent to an activating group) is 1. The number of aliphatic hydroxyl groups is 1. The lowest BCUT2D eigenvalue weighted by atomic mass is 9.96. The fourth-order valence-corrected chi connectivity index (χ4v) is 1.40. The minimum atomic E-state index is -0.0892. The van der Waals surface area contributed by atoms with Gasteiger partial charge < -0.3 is 10.0 Å². The molecular weight excluding hydrogens is 126 g/mol. The molecule has 1 N–H and O–H groups in total. The van der Waals surface area contributed by atoms with Crippen LogP contribution in [0, 0.1) is 5.92 Å². The van der Waals surface area contributed by atoms with Crippen LogP contribution in [0.25, 0.3) is 0 Å². The number of piperidine rings is 1.